The lowest BCUT2D eigenvalue weighted by Crippen LogP contribution is -2.41. The molecule has 3 rings (SSSR count). The highest BCUT2D eigenvalue weighted by atomic mass is 16.1. The van der Waals surface area contributed by atoms with Gasteiger partial charge in [-0.2, -0.15) is 5.10 Å². The first-order chi connectivity index (χ1) is 8.79. The van der Waals surface area contributed by atoms with Gasteiger partial charge < -0.3 is 11.1 Å². The van der Waals surface area contributed by atoms with Crippen molar-refractivity contribution in [2.75, 3.05) is 6.54 Å². The summed E-state index contributed by atoms with van der Waals surface area (Å²) in [6, 6.07) is 5.76. The van der Waals surface area contributed by atoms with E-state index in [0.717, 1.165) is 18.4 Å². The number of rotatable bonds is 4. The molecule has 0 aromatic carbocycles. The van der Waals surface area contributed by atoms with Crippen LogP contribution in [-0.2, 0) is 0 Å². The summed E-state index contributed by atoms with van der Waals surface area (Å²) in [4.78, 5) is 12.2. The third-order valence-corrected chi connectivity index (χ3v) is 3.43. The van der Waals surface area contributed by atoms with Gasteiger partial charge in [-0.3, -0.25) is 4.79 Å². The number of nitrogens with zero attached hydrogens (tertiary/aromatic N) is 2. The maximum absolute atomic E-state index is 12.2. The van der Waals surface area contributed by atoms with Gasteiger partial charge in [0.15, 0.2) is 0 Å². The number of nitrogens with two attached hydrogens (primary N) is 1. The van der Waals surface area contributed by atoms with Crippen molar-refractivity contribution >= 4 is 11.4 Å². The van der Waals surface area contributed by atoms with Crippen molar-refractivity contribution in [3.8, 4) is 0 Å². The van der Waals surface area contributed by atoms with Crippen molar-refractivity contribution in [1.29, 1.82) is 0 Å². The van der Waals surface area contributed by atoms with Crippen LogP contribution in [0.15, 0.2) is 30.6 Å². The standard InChI is InChI=1S/C13H16N4O/c14-7-11(9-4-5-9)16-13(18)10-8-15-17-6-2-1-3-12(10)17/h1-3,6,8-9,11H,4-5,7,14H2,(H,16,18). The molecule has 2 aromatic heterocycles. The van der Waals surface area contributed by atoms with E-state index in [1.54, 1.807) is 10.7 Å². The largest absolute Gasteiger partial charge is 0.348 e. The van der Waals surface area contributed by atoms with Gasteiger partial charge in [0.1, 0.15) is 0 Å². The molecule has 0 saturated heterocycles. The van der Waals surface area contributed by atoms with Crippen LogP contribution in [0.5, 0.6) is 0 Å². The lowest BCUT2D eigenvalue weighted by Gasteiger charge is -2.15. The van der Waals surface area contributed by atoms with Gasteiger partial charge in [-0.05, 0) is 30.9 Å². The lowest BCUT2D eigenvalue weighted by atomic mass is 10.1. The number of hydrogen-bond donors (Lipinski definition) is 2. The average Bonchev–Trinajstić information content (AvgIpc) is 3.14. The Bertz CT molecular complexity index is 573. The Morgan fingerprint density at radius 2 is 2.39 bits per heavy atom. The lowest BCUT2D eigenvalue weighted by molar-refractivity contribution is 0.0935. The summed E-state index contributed by atoms with van der Waals surface area (Å²) in [6.45, 7) is 0.496. The summed E-state index contributed by atoms with van der Waals surface area (Å²) in [5.74, 6) is 0.472. The van der Waals surface area contributed by atoms with Crippen LogP contribution in [-0.4, -0.2) is 28.1 Å². The topological polar surface area (TPSA) is 72.4 Å². The Kier molecular flexibility index (Phi) is 2.76. The minimum absolute atomic E-state index is 0.0847. The van der Waals surface area contributed by atoms with E-state index >= 15 is 0 Å². The summed E-state index contributed by atoms with van der Waals surface area (Å²) < 4.78 is 1.70. The number of carbonyl (C=O) groups excluding carboxylic acids is 1. The zero-order valence-electron chi connectivity index (χ0n) is 10.0. The van der Waals surface area contributed by atoms with E-state index in [4.69, 9.17) is 5.73 Å². The van der Waals surface area contributed by atoms with Crippen LogP contribution < -0.4 is 11.1 Å². The van der Waals surface area contributed by atoms with Crippen LogP contribution in [0.3, 0.4) is 0 Å². The van der Waals surface area contributed by atoms with E-state index in [1.165, 1.54) is 0 Å². The average molecular weight is 244 g/mol. The van der Waals surface area contributed by atoms with Crippen LogP contribution in [0, 0.1) is 5.92 Å². The van der Waals surface area contributed by atoms with Crippen LogP contribution in [0.4, 0.5) is 0 Å². The highest BCUT2D eigenvalue weighted by Crippen LogP contribution is 2.32. The second-order valence-electron chi connectivity index (χ2n) is 4.74. The third-order valence-electron chi connectivity index (χ3n) is 3.43. The van der Waals surface area contributed by atoms with E-state index in [-0.39, 0.29) is 11.9 Å². The molecule has 5 heteroatoms. The van der Waals surface area contributed by atoms with Crippen LogP contribution in [0.25, 0.3) is 5.52 Å². The van der Waals surface area contributed by atoms with Gasteiger partial charge in [-0.25, -0.2) is 4.52 Å². The minimum atomic E-state index is -0.0847. The number of fused-ring (bicyclic) bond motifs is 1. The first-order valence-corrected chi connectivity index (χ1v) is 6.23. The molecule has 18 heavy (non-hydrogen) atoms. The monoisotopic (exact) mass is 244 g/mol. The van der Waals surface area contributed by atoms with Crippen molar-refractivity contribution < 1.29 is 4.79 Å². The molecule has 0 aliphatic heterocycles. The van der Waals surface area contributed by atoms with Crippen molar-refractivity contribution in [2.45, 2.75) is 18.9 Å². The minimum Gasteiger partial charge on any atom is -0.348 e. The predicted molar refractivity (Wildman–Crippen MR) is 68.2 cm³/mol. The Morgan fingerprint density at radius 3 is 3.11 bits per heavy atom. The van der Waals surface area contributed by atoms with Crippen LogP contribution >= 0.6 is 0 Å². The number of carbonyl (C=O) groups is 1. The fraction of sp³-hybridized carbons (Fsp3) is 0.385. The predicted octanol–water partition coefficient (Wildman–Crippen LogP) is 0.801. The van der Waals surface area contributed by atoms with Gasteiger partial charge in [-0.1, -0.05) is 6.07 Å². The van der Waals surface area contributed by atoms with Gasteiger partial charge in [0.05, 0.1) is 17.3 Å². The normalized spacial score (nSPS) is 16.7. The van der Waals surface area contributed by atoms with E-state index < -0.39 is 0 Å². The van der Waals surface area contributed by atoms with Crippen molar-refractivity contribution in [3.05, 3.63) is 36.2 Å². The van der Waals surface area contributed by atoms with Crippen LogP contribution in [0.2, 0.25) is 0 Å². The molecule has 3 N–H and O–H groups in total. The molecule has 1 fully saturated rings. The molecule has 0 spiro atoms. The molecule has 5 nitrogen and oxygen atoms in total. The summed E-state index contributed by atoms with van der Waals surface area (Å²) in [6.07, 6.45) is 5.76. The first-order valence-electron chi connectivity index (χ1n) is 6.23. The van der Waals surface area contributed by atoms with Gasteiger partial charge in [0, 0.05) is 18.8 Å². The fourth-order valence-electron chi connectivity index (χ4n) is 2.22. The maximum Gasteiger partial charge on any atom is 0.255 e. The van der Waals surface area contributed by atoms with Gasteiger partial charge in [0.25, 0.3) is 5.91 Å². The molecule has 1 unspecified atom stereocenters. The van der Waals surface area contributed by atoms with E-state index in [9.17, 15) is 4.79 Å². The molecular weight excluding hydrogens is 228 g/mol. The van der Waals surface area contributed by atoms with Gasteiger partial charge in [0.2, 0.25) is 0 Å². The molecule has 2 heterocycles. The van der Waals surface area contributed by atoms with Gasteiger partial charge in [-0.15, -0.1) is 0 Å². The molecule has 1 aliphatic carbocycles. The molecule has 94 valence electrons. The third kappa shape index (κ3) is 1.97. The number of amides is 1. The molecule has 1 saturated carbocycles. The molecular formula is C13H16N4O. The van der Waals surface area contributed by atoms with E-state index in [1.807, 2.05) is 24.4 Å². The number of pyridine rings is 1. The summed E-state index contributed by atoms with van der Waals surface area (Å²) in [7, 11) is 0. The Balaban J connectivity index is 1.83. The highest BCUT2D eigenvalue weighted by Gasteiger charge is 2.31. The highest BCUT2D eigenvalue weighted by molar-refractivity contribution is 6.00. The van der Waals surface area contributed by atoms with Crippen molar-refractivity contribution in [1.82, 2.24) is 14.9 Å². The molecule has 0 radical (unpaired) electrons. The second-order valence-corrected chi connectivity index (χ2v) is 4.74. The Labute approximate surface area is 105 Å². The van der Waals surface area contributed by atoms with E-state index in [0.29, 0.717) is 18.0 Å². The van der Waals surface area contributed by atoms with Crippen LogP contribution in [0.1, 0.15) is 23.2 Å². The van der Waals surface area contributed by atoms with E-state index in [2.05, 4.69) is 10.4 Å². The summed E-state index contributed by atoms with van der Waals surface area (Å²) in [5, 5.41) is 7.16. The zero-order valence-corrected chi connectivity index (χ0v) is 10.0. The molecule has 1 aliphatic rings. The molecule has 0 bridgehead atoms. The zero-order chi connectivity index (χ0) is 12.5. The second kappa shape index (κ2) is 4.42. The molecule has 2 aromatic rings. The summed E-state index contributed by atoms with van der Waals surface area (Å²) >= 11 is 0. The quantitative estimate of drug-likeness (QED) is 0.835. The Morgan fingerprint density at radius 1 is 1.56 bits per heavy atom. The number of nitrogens with one attached hydrogen (secondary N) is 1. The first kappa shape index (κ1) is 11.2. The SMILES string of the molecule is NCC(NC(=O)c1cnn2ccccc12)C1CC1. The molecule has 1 amide bonds. The van der Waals surface area contributed by atoms with Crippen molar-refractivity contribution in [2.24, 2.45) is 11.7 Å². The fourth-order valence-corrected chi connectivity index (χ4v) is 2.22. The number of aromatic nitrogens is 2. The smallest absolute Gasteiger partial charge is 0.255 e. The number of hydrogen-bond acceptors (Lipinski definition) is 3. The van der Waals surface area contributed by atoms with Gasteiger partial charge >= 0.3 is 0 Å². The Hall–Kier alpha value is -1.88. The summed E-state index contributed by atoms with van der Waals surface area (Å²) in [5.41, 5.74) is 7.12. The molecule has 1 atom stereocenters. The maximum atomic E-state index is 12.2. The van der Waals surface area contributed by atoms with Crippen molar-refractivity contribution in [3.63, 3.8) is 0 Å².